The molecule has 6 heteroatoms. The van der Waals surface area contributed by atoms with Crippen LogP contribution in [-0.2, 0) is 11.3 Å². The first-order chi connectivity index (χ1) is 14.1. The number of carbonyl (C=O) groups is 2. The molecule has 0 N–H and O–H groups in total. The zero-order valence-corrected chi connectivity index (χ0v) is 16.9. The van der Waals surface area contributed by atoms with Crippen LogP contribution in [0.1, 0.15) is 11.1 Å². The van der Waals surface area contributed by atoms with Crippen molar-refractivity contribution in [2.45, 2.75) is 6.54 Å². The number of carbonyl (C=O) groups excluding carboxylic acids is 2. The highest BCUT2D eigenvalue weighted by Gasteiger charge is 2.35. The number of methoxy groups -OCH3 is 2. The molecule has 0 unspecified atom stereocenters. The number of ether oxygens (including phenoxy) is 2. The Hall–Kier alpha value is -3.25. The first-order valence-corrected chi connectivity index (χ1v) is 9.85. The van der Waals surface area contributed by atoms with E-state index in [0.29, 0.717) is 16.4 Å². The molecule has 0 bridgehead atoms. The van der Waals surface area contributed by atoms with Crippen LogP contribution in [0.5, 0.6) is 11.5 Å². The predicted molar refractivity (Wildman–Crippen MR) is 115 cm³/mol. The number of amides is 2. The monoisotopic (exact) mass is 405 g/mol. The van der Waals surface area contributed by atoms with Crippen LogP contribution in [0.3, 0.4) is 0 Å². The minimum Gasteiger partial charge on any atom is -0.497 e. The van der Waals surface area contributed by atoms with Crippen LogP contribution in [0, 0.1) is 0 Å². The zero-order chi connectivity index (χ0) is 20.4. The molecule has 0 atom stereocenters. The molecule has 0 aliphatic carbocycles. The highest BCUT2D eigenvalue weighted by atomic mass is 32.2. The van der Waals surface area contributed by atoms with E-state index in [1.165, 1.54) is 4.90 Å². The molecule has 1 saturated heterocycles. The Labute approximate surface area is 172 Å². The lowest BCUT2D eigenvalue weighted by atomic mass is 10.1. The number of imide groups is 1. The molecule has 0 radical (unpaired) electrons. The average molecular weight is 405 g/mol. The van der Waals surface area contributed by atoms with Gasteiger partial charge in [0.15, 0.2) is 0 Å². The second-order valence-electron chi connectivity index (χ2n) is 6.60. The Bertz CT molecular complexity index is 1120. The molecule has 4 rings (SSSR count). The Morgan fingerprint density at radius 2 is 1.59 bits per heavy atom. The minimum absolute atomic E-state index is 0.244. The SMILES string of the molecule is COc1cc(C=C2SC(=O)N(Cc3ccc4ccccc4c3)C2=O)cc(OC)c1. The van der Waals surface area contributed by atoms with E-state index in [2.05, 4.69) is 0 Å². The molecule has 1 fully saturated rings. The van der Waals surface area contributed by atoms with Crippen LogP contribution in [0.15, 0.2) is 65.6 Å². The van der Waals surface area contributed by atoms with E-state index in [9.17, 15) is 9.59 Å². The molecule has 0 aromatic heterocycles. The van der Waals surface area contributed by atoms with E-state index in [4.69, 9.17) is 9.47 Å². The number of fused-ring (bicyclic) bond motifs is 1. The molecule has 5 nitrogen and oxygen atoms in total. The van der Waals surface area contributed by atoms with Crippen LogP contribution in [0.2, 0.25) is 0 Å². The van der Waals surface area contributed by atoms with Gasteiger partial charge in [0.05, 0.1) is 25.7 Å². The number of thioether (sulfide) groups is 1. The van der Waals surface area contributed by atoms with E-state index in [0.717, 1.165) is 33.7 Å². The van der Waals surface area contributed by atoms with Crippen molar-refractivity contribution >= 4 is 39.8 Å². The lowest BCUT2D eigenvalue weighted by molar-refractivity contribution is -0.123. The number of rotatable bonds is 5. The number of nitrogens with zero attached hydrogens (tertiary/aromatic N) is 1. The molecule has 3 aromatic rings. The molecule has 146 valence electrons. The third-order valence-corrected chi connectivity index (χ3v) is 5.61. The summed E-state index contributed by atoms with van der Waals surface area (Å²) in [5, 5.41) is 1.93. The Kier molecular flexibility index (Phi) is 5.27. The van der Waals surface area contributed by atoms with E-state index in [1.807, 2.05) is 42.5 Å². The van der Waals surface area contributed by atoms with Gasteiger partial charge in [-0.05, 0) is 57.9 Å². The Morgan fingerprint density at radius 1 is 0.897 bits per heavy atom. The fourth-order valence-electron chi connectivity index (χ4n) is 3.22. The van der Waals surface area contributed by atoms with Crippen molar-refractivity contribution in [3.05, 3.63) is 76.7 Å². The molecule has 1 aliphatic heterocycles. The number of benzene rings is 3. The summed E-state index contributed by atoms with van der Waals surface area (Å²) < 4.78 is 10.5. The van der Waals surface area contributed by atoms with E-state index >= 15 is 0 Å². The summed E-state index contributed by atoms with van der Waals surface area (Å²) in [4.78, 5) is 27.0. The van der Waals surface area contributed by atoms with Gasteiger partial charge in [0.1, 0.15) is 11.5 Å². The van der Waals surface area contributed by atoms with Gasteiger partial charge < -0.3 is 9.47 Å². The van der Waals surface area contributed by atoms with Gasteiger partial charge in [0.2, 0.25) is 0 Å². The summed E-state index contributed by atoms with van der Waals surface area (Å²) in [6.45, 7) is 0.244. The molecular formula is C23H19NO4S. The van der Waals surface area contributed by atoms with Crippen molar-refractivity contribution in [3.8, 4) is 11.5 Å². The van der Waals surface area contributed by atoms with E-state index in [1.54, 1.807) is 38.5 Å². The van der Waals surface area contributed by atoms with Crippen LogP contribution in [0.4, 0.5) is 4.79 Å². The van der Waals surface area contributed by atoms with Gasteiger partial charge in [-0.25, -0.2) is 0 Å². The first-order valence-electron chi connectivity index (χ1n) is 9.03. The number of hydrogen-bond acceptors (Lipinski definition) is 5. The standard InChI is InChI=1S/C23H19NO4S/c1-27-19-10-16(11-20(13-19)28-2)12-21-22(25)24(23(26)29-21)14-15-7-8-17-5-3-4-6-18(17)9-15/h3-13H,14H2,1-2H3. The lowest BCUT2D eigenvalue weighted by Crippen LogP contribution is -2.27. The molecule has 1 aliphatic rings. The molecule has 29 heavy (non-hydrogen) atoms. The molecular weight excluding hydrogens is 386 g/mol. The summed E-state index contributed by atoms with van der Waals surface area (Å²) in [5.74, 6) is 0.937. The van der Waals surface area contributed by atoms with Crippen molar-refractivity contribution in [2.75, 3.05) is 14.2 Å². The second kappa shape index (κ2) is 8.01. The van der Waals surface area contributed by atoms with Gasteiger partial charge in [-0.1, -0.05) is 36.4 Å². The van der Waals surface area contributed by atoms with E-state index in [-0.39, 0.29) is 17.7 Å². The maximum atomic E-state index is 12.9. The van der Waals surface area contributed by atoms with Crippen molar-refractivity contribution in [2.24, 2.45) is 0 Å². The van der Waals surface area contributed by atoms with Gasteiger partial charge in [0, 0.05) is 6.07 Å². The summed E-state index contributed by atoms with van der Waals surface area (Å²) in [5.41, 5.74) is 1.65. The summed E-state index contributed by atoms with van der Waals surface area (Å²) >= 11 is 0.943. The maximum Gasteiger partial charge on any atom is 0.293 e. The first kappa shape index (κ1) is 19.1. The van der Waals surface area contributed by atoms with Gasteiger partial charge >= 0.3 is 0 Å². The molecule has 1 heterocycles. The Balaban J connectivity index is 1.59. The van der Waals surface area contributed by atoms with Crippen LogP contribution < -0.4 is 9.47 Å². The van der Waals surface area contributed by atoms with Crippen molar-refractivity contribution in [1.82, 2.24) is 4.90 Å². The quantitative estimate of drug-likeness (QED) is 0.553. The zero-order valence-electron chi connectivity index (χ0n) is 16.0. The Morgan fingerprint density at radius 3 is 2.28 bits per heavy atom. The van der Waals surface area contributed by atoms with Gasteiger partial charge in [-0.15, -0.1) is 0 Å². The largest absolute Gasteiger partial charge is 0.497 e. The van der Waals surface area contributed by atoms with E-state index < -0.39 is 0 Å². The van der Waals surface area contributed by atoms with Crippen molar-refractivity contribution in [1.29, 1.82) is 0 Å². The highest BCUT2D eigenvalue weighted by molar-refractivity contribution is 8.18. The topological polar surface area (TPSA) is 55.8 Å². The fraction of sp³-hybridized carbons (Fsp3) is 0.130. The maximum absolute atomic E-state index is 12.9. The third kappa shape index (κ3) is 3.98. The molecule has 3 aromatic carbocycles. The molecule has 0 saturated carbocycles. The van der Waals surface area contributed by atoms with Gasteiger partial charge in [-0.3, -0.25) is 14.5 Å². The van der Waals surface area contributed by atoms with Gasteiger partial charge in [0.25, 0.3) is 11.1 Å². The van der Waals surface area contributed by atoms with Crippen LogP contribution >= 0.6 is 11.8 Å². The summed E-state index contributed by atoms with van der Waals surface area (Å²) in [7, 11) is 3.13. The minimum atomic E-state index is -0.296. The summed E-state index contributed by atoms with van der Waals surface area (Å²) in [6.07, 6.45) is 1.69. The van der Waals surface area contributed by atoms with Crippen LogP contribution in [-0.4, -0.2) is 30.3 Å². The third-order valence-electron chi connectivity index (χ3n) is 4.70. The average Bonchev–Trinajstić information content (AvgIpc) is 3.00. The van der Waals surface area contributed by atoms with Crippen molar-refractivity contribution < 1.29 is 19.1 Å². The normalized spacial score (nSPS) is 15.4. The van der Waals surface area contributed by atoms with Crippen LogP contribution in [0.25, 0.3) is 16.8 Å². The van der Waals surface area contributed by atoms with Gasteiger partial charge in [-0.2, -0.15) is 0 Å². The highest BCUT2D eigenvalue weighted by Crippen LogP contribution is 2.34. The fourth-order valence-corrected chi connectivity index (χ4v) is 4.06. The summed E-state index contributed by atoms with van der Waals surface area (Å²) in [6, 6.07) is 19.3. The lowest BCUT2D eigenvalue weighted by Gasteiger charge is -2.13. The molecule has 2 amide bonds. The second-order valence-corrected chi connectivity index (χ2v) is 7.59. The smallest absolute Gasteiger partial charge is 0.293 e. The predicted octanol–water partition coefficient (Wildman–Crippen LogP) is 5.09. The molecule has 0 spiro atoms. The number of hydrogen-bond donors (Lipinski definition) is 0. The van der Waals surface area contributed by atoms with Crippen molar-refractivity contribution in [3.63, 3.8) is 0 Å².